The second-order valence-electron chi connectivity index (χ2n) is 2.92. The Balaban J connectivity index is 2.88. The highest BCUT2D eigenvalue weighted by Crippen LogP contribution is 2.28. The summed E-state index contributed by atoms with van der Waals surface area (Å²) in [4.78, 5) is 0. The molecule has 0 spiro atoms. The van der Waals surface area contributed by atoms with Crippen molar-refractivity contribution in [1.82, 2.24) is 0 Å². The first-order valence-corrected chi connectivity index (χ1v) is 4.69. The molecular formula is C10H13ClO3. The van der Waals surface area contributed by atoms with Crippen LogP contribution in [0.5, 0.6) is 5.75 Å². The summed E-state index contributed by atoms with van der Waals surface area (Å²) in [6.45, 7) is -0.0659. The van der Waals surface area contributed by atoms with Crippen LogP contribution in [0.25, 0.3) is 0 Å². The molecule has 78 valence electrons. The highest BCUT2D eigenvalue weighted by molar-refractivity contribution is 6.31. The van der Waals surface area contributed by atoms with Crippen molar-refractivity contribution >= 4 is 11.6 Å². The van der Waals surface area contributed by atoms with Crippen molar-refractivity contribution in [2.45, 2.75) is 12.5 Å². The predicted octanol–water partition coefficient (Wildman–Crippen LogP) is 1.76. The predicted molar refractivity (Wildman–Crippen MR) is 54.7 cm³/mol. The van der Waals surface area contributed by atoms with E-state index >= 15 is 0 Å². The lowest BCUT2D eigenvalue weighted by molar-refractivity contribution is 0.134. The molecule has 1 unspecified atom stereocenters. The van der Waals surface area contributed by atoms with E-state index in [4.69, 9.17) is 21.4 Å². The second-order valence-corrected chi connectivity index (χ2v) is 3.32. The number of methoxy groups -OCH3 is 1. The third-order valence-corrected chi connectivity index (χ3v) is 2.30. The topological polar surface area (TPSA) is 49.7 Å². The molecule has 0 bridgehead atoms. The van der Waals surface area contributed by atoms with Crippen molar-refractivity contribution in [2.75, 3.05) is 13.7 Å². The van der Waals surface area contributed by atoms with E-state index in [1.165, 1.54) is 0 Å². The highest BCUT2D eigenvalue weighted by Gasteiger charge is 2.11. The van der Waals surface area contributed by atoms with Gasteiger partial charge in [0.1, 0.15) is 5.75 Å². The van der Waals surface area contributed by atoms with Gasteiger partial charge in [-0.2, -0.15) is 0 Å². The SMILES string of the molecule is COc1ccc(C(O)CCO)c(Cl)c1. The fraction of sp³-hybridized carbons (Fsp3) is 0.400. The Kier molecular flexibility index (Phi) is 4.20. The Morgan fingerprint density at radius 1 is 1.50 bits per heavy atom. The number of aliphatic hydroxyl groups excluding tert-OH is 2. The molecule has 0 aliphatic rings. The standard InChI is InChI=1S/C10H13ClO3/c1-14-7-2-3-8(9(11)6-7)10(13)4-5-12/h2-3,6,10,12-13H,4-5H2,1H3. The molecule has 0 aliphatic heterocycles. The van der Waals surface area contributed by atoms with Gasteiger partial charge in [-0.3, -0.25) is 0 Å². The Morgan fingerprint density at radius 2 is 2.21 bits per heavy atom. The van der Waals surface area contributed by atoms with Gasteiger partial charge in [-0.15, -0.1) is 0 Å². The van der Waals surface area contributed by atoms with Crippen LogP contribution in [0, 0.1) is 0 Å². The summed E-state index contributed by atoms with van der Waals surface area (Å²) in [5.74, 6) is 0.648. The summed E-state index contributed by atoms with van der Waals surface area (Å²) < 4.78 is 4.97. The van der Waals surface area contributed by atoms with Crippen LogP contribution in [-0.4, -0.2) is 23.9 Å². The lowest BCUT2D eigenvalue weighted by Crippen LogP contribution is -2.01. The minimum Gasteiger partial charge on any atom is -0.497 e. The van der Waals surface area contributed by atoms with Crippen LogP contribution in [0.15, 0.2) is 18.2 Å². The summed E-state index contributed by atoms with van der Waals surface area (Å²) in [7, 11) is 1.55. The van der Waals surface area contributed by atoms with Gasteiger partial charge in [-0.1, -0.05) is 17.7 Å². The van der Waals surface area contributed by atoms with Crippen LogP contribution in [0.4, 0.5) is 0 Å². The summed E-state index contributed by atoms with van der Waals surface area (Å²) in [5, 5.41) is 18.7. The van der Waals surface area contributed by atoms with Crippen molar-refractivity contribution in [2.24, 2.45) is 0 Å². The molecule has 3 nitrogen and oxygen atoms in total. The van der Waals surface area contributed by atoms with Gasteiger partial charge in [0.2, 0.25) is 0 Å². The van der Waals surface area contributed by atoms with Crippen molar-refractivity contribution in [3.05, 3.63) is 28.8 Å². The van der Waals surface area contributed by atoms with E-state index in [1.807, 2.05) is 0 Å². The Morgan fingerprint density at radius 3 is 2.71 bits per heavy atom. The minimum atomic E-state index is -0.724. The van der Waals surface area contributed by atoms with Gasteiger partial charge in [-0.25, -0.2) is 0 Å². The maximum absolute atomic E-state index is 9.58. The van der Waals surface area contributed by atoms with E-state index in [0.717, 1.165) is 0 Å². The van der Waals surface area contributed by atoms with Crippen LogP contribution < -0.4 is 4.74 Å². The van der Waals surface area contributed by atoms with E-state index in [9.17, 15) is 5.11 Å². The molecule has 0 fully saturated rings. The molecular weight excluding hydrogens is 204 g/mol. The first-order valence-electron chi connectivity index (χ1n) is 4.31. The smallest absolute Gasteiger partial charge is 0.120 e. The van der Waals surface area contributed by atoms with Crippen LogP contribution in [0.2, 0.25) is 5.02 Å². The van der Waals surface area contributed by atoms with Crippen LogP contribution in [-0.2, 0) is 0 Å². The normalized spacial score (nSPS) is 12.6. The van der Waals surface area contributed by atoms with Gasteiger partial charge >= 0.3 is 0 Å². The summed E-state index contributed by atoms with van der Waals surface area (Å²) in [6, 6.07) is 5.06. The van der Waals surface area contributed by atoms with Gasteiger partial charge < -0.3 is 14.9 Å². The molecule has 0 amide bonds. The number of ether oxygens (including phenoxy) is 1. The van der Waals surface area contributed by atoms with E-state index in [1.54, 1.807) is 25.3 Å². The summed E-state index contributed by atoms with van der Waals surface area (Å²) >= 11 is 5.92. The maximum Gasteiger partial charge on any atom is 0.120 e. The molecule has 0 radical (unpaired) electrons. The molecule has 14 heavy (non-hydrogen) atoms. The third kappa shape index (κ3) is 2.61. The van der Waals surface area contributed by atoms with Gasteiger partial charge in [0, 0.05) is 13.0 Å². The fourth-order valence-electron chi connectivity index (χ4n) is 1.18. The Hall–Kier alpha value is -0.770. The number of rotatable bonds is 4. The van der Waals surface area contributed by atoms with Gasteiger partial charge in [0.15, 0.2) is 0 Å². The number of benzene rings is 1. The lowest BCUT2D eigenvalue weighted by Gasteiger charge is -2.11. The van der Waals surface area contributed by atoms with Crippen LogP contribution in [0.3, 0.4) is 0 Å². The molecule has 2 N–H and O–H groups in total. The summed E-state index contributed by atoms with van der Waals surface area (Å²) in [5.41, 5.74) is 0.613. The van der Waals surface area contributed by atoms with Gasteiger partial charge in [0.25, 0.3) is 0 Å². The molecule has 1 aromatic rings. The second kappa shape index (κ2) is 5.20. The molecule has 4 heteroatoms. The molecule has 0 heterocycles. The number of hydrogen-bond acceptors (Lipinski definition) is 3. The zero-order valence-corrected chi connectivity index (χ0v) is 8.66. The van der Waals surface area contributed by atoms with Crippen molar-refractivity contribution in [3.63, 3.8) is 0 Å². The number of hydrogen-bond donors (Lipinski definition) is 2. The van der Waals surface area contributed by atoms with E-state index in [-0.39, 0.29) is 13.0 Å². The largest absolute Gasteiger partial charge is 0.497 e. The molecule has 1 aromatic carbocycles. The zero-order valence-electron chi connectivity index (χ0n) is 7.90. The average molecular weight is 217 g/mol. The molecule has 1 rings (SSSR count). The lowest BCUT2D eigenvalue weighted by atomic mass is 10.1. The molecule has 1 atom stereocenters. The quantitative estimate of drug-likeness (QED) is 0.807. The average Bonchev–Trinajstić information content (AvgIpc) is 2.17. The van der Waals surface area contributed by atoms with Crippen molar-refractivity contribution in [3.8, 4) is 5.75 Å². The molecule has 0 saturated heterocycles. The fourth-order valence-corrected chi connectivity index (χ4v) is 1.48. The number of halogens is 1. The summed E-state index contributed by atoms with van der Waals surface area (Å²) in [6.07, 6.45) is -0.440. The monoisotopic (exact) mass is 216 g/mol. The number of aliphatic hydroxyl groups is 2. The van der Waals surface area contributed by atoms with Gasteiger partial charge in [-0.05, 0) is 17.7 Å². The Bertz CT molecular complexity index is 301. The first-order chi connectivity index (χ1) is 6.69. The van der Waals surface area contributed by atoms with E-state index < -0.39 is 6.10 Å². The Labute approximate surface area is 87.9 Å². The zero-order chi connectivity index (χ0) is 10.6. The van der Waals surface area contributed by atoms with E-state index in [0.29, 0.717) is 16.3 Å². The highest BCUT2D eigenvalue weighted by atomic mass is 35.5. The van der Waals surface area contributed by atoms with E-state index in [2.05, 4.69) is 0 Å². The van der Waals surface area contributed by atoms with Crippen molar-refractivity contribution < 1.29 is 14.9 Å². The third-order valence-electron chi connectivity index (χ3n) is 1.97. The van der Waals surface area contributed by atoms with Crippen LogP contribution in [0.1, 0.15) is 18.1 Å². The van der Waals surface area contributed by atoms with Crippen molar-refractivity contribution in [1.29, 1.82) is 0 Å². The van der Waals surface area contributed by atoms with Gasteiger partial charge in [0.05, 0.1) is 18.2 Å². The maximum atomic E-state index is 9.58. The molecule has 0 saturated carbocycles. The molecule has 0 aromatic heterocycles. The minimum absolute atomic E-state index is 0.0659. The molecule has 0 aliphatic carbocycles. The first kappa shape index (κ1) is 11.3. The van der Waals surface area contributed by atoms with Crippen LogP contribution >= 0.6 is 11.6 Å².